The van der Waals surface area contributed by atoms with Crippen molar-refractivity contribution in [1.82, 2.24) is 14.5 Å². The van der Waals surface area contributed by atoms with E-state index in [4.69, 9.17) is 9.72 Å². The minimum absolute atomic E-state index is 0.0309. The first-order chi connectivity index (χ1) is 14.0. The smallest absolute Gasteiger partial charge is 0.254 e. The first kappa shape index (κ1) is 20.9. The largest absolute Gasteiger partial charge is 0.497 e. The summed E-state index contributed by atoms with van der Waals surface area (Å²) < 4.78 is 7.47. The minimum Gasteiger partial charge on any atom is -0.497 e. The summed E-state index contributed by atoms with van der Waals surface area (Å²) >= 11 is 0. The van der Waals surface area contributed by atoms with Gasteiger partial charge in [0.25, 0.3) is 5.91 Å². The highest BCUT2D eigenvalue weighted by Gasteiger charge is 2.20. The van der Waals surface area contributed by atoms with Crippen LogP contribution in [0, 0.1) is 5.92 Å². The van der Waals surface area contributed by atoms with Gasteiger partial charge in [-0.15, -0.1) is 0 Å². The summed E-state index contributed by atoms with van der Waals surface area (Å²) in [6, 6.07) is 15.5. The van der Waals surface area contributed by atoms with Crippen LogP contribution in [-0.2, 0) is 13.1 Å². The number of benzene rings is 2. The van der Waals surface area contributed by atoms with E-state index in [-0.39, 0.29) is 5.91 Å². The SMILES string of the molecule is CCCn1c(CN(CCC(C)C)C(=O)c2ccc(OC)cc2)nc2ccccc21. The molecule has 5 nitrogen and oxygen atoms in total. The van der Waals surface area contributed by atoms with Crippen molar-refractivity contribution in [1.29, 1.82) is 0 Å². The van der Waals surface area contributed by atoms with Crippen LogP contribution >= 0.6 is 0 Å². The summed E-state index contributed by atoms with van der Waals surface area (Å²) in [4.78, 5) is 20.1. The molecule has 3 aromatic rings. The molecule has 3 rings (SSSR count). The molecule has 154 valence electrons. The van der Waals surface area contributed by atoms with Crippen LogP contribution in [0.2, 0.25) is 0 Å². The molecule has 1 amide bonds. The van der Waals surface area contributed by atoms with Gasteiger partial charge in [-0.25, -0.2) is 4.98 Å². The number of ether oxygens (including phenoxy) is 1. The highest BCUT2D eigenvalue weighted by atomic mass is 16.5. The Balaban J connectivity index is 1.91. The Labute approximate surface area is 173 Å². The zero-order valence-corrected chi connectivity index (χ0v) is 17.9. The number of carbonyl (C=O) groups excluding carboxylic acids is 1. The Kier molecular flexibility index (Phi) is 6.91. The van der Waals surface area contributed by atoms with Gasteiger partial charge >= 0.3 is 0 Å². The number of fused-ring (bicyclic) bond motifs is 1. The molecule has 0 atom stereocenters. The number of aryl methyl sites for hydroxylation is 1. The van der Waals surface area contributed by atoms with Gasteiger partial charge < -0.3 is 14.2 Å². The molecule has 0 saturated heterocycles. The molecule has 0 fully saturated rings. The van der Waals surface area contributed by atoms with Gasteiger partial charge in [-0.2, -0.15) is 0 Å². The summed E-state index contributed by atoms with van der Waals surface area (Å²) in [5, 5.41) is 0. The second-order valence-corrected chi connectivity index (χ2v) is 7.81. The zero-order valence-electron chi connectivity index (χ0n) is 17.9. The van der Waals surface area contributed by atoms with Gasteiger partial charge in [0.2, 0.25) is 0 Å². The van der Waals surface area contributed by atoms with E-state index in [9.17, 15) is 4.79 Å². The fourth-order valence-corrected chi connectivity index (χ4v) is 3.47. The average Bonchev–Trinajstić information content (AvgIpc) is 3.08. The predicted molar refractivity (Wildman–Crippen MR) is 117 cm³/mol. The Morgan fingerprint density at radius 3 is 2.52 bits per heavy atom. The number of amides is 1. The predicted octanol–water partition coefficient (Wildman–Crippen LogP) is 5.14. The van der Waals surface area contributed by atoms with Gasteiger partial charge in [-0.1, -0.05) is 32.9 Å². The number of hydrogen-bond acceptors (Lipinski definition) is 3. The molecule has 0 aliphatic rings. The third-order valence-electron chi connectivity index (χ3n) is 5.11. The first-order valence-electron chi connectivity index (χ1n) is 10.4. The van der Waals surface area contributed by atoms with E-state index in [0.29, 0.717) is 24.6 Å². The van der Waals surface area contributed by atoms with Crippen molar-refractivity contribution in [3.8, 4) is 5.75 Å². The maximum atomic E-state index is 13.3. The summed E-state index contributed by atoms with van der Waals surface area (Å²) in [6.45, 7) is 8.64. The van der Waals surface area contributed by atoms with Gasteiger partial charge in [0.1, 0.15) is 11.6 Å². The number of hydrogen-bond donors (Lipinski definition) is 0. The van der Waals surface area contributed by atoms with Crippen LogP contribution in [0.1, 0.15) is 49.8 Å². The van der Waals surface area contributed by atoms with E-state index in [1.807, 2.05) is 47.4 Å². The molecule has 29 heavy (non-hydrogen) atoms. The van der Waals surface area contributed by atoms with Crippen molar-refractivity contribution >= 4 is 16.9 Å². The van der Waals surface area contributed by atoms with Gasteiger partial charge in [0.05, 0.1) is 24.7 Å². The van der Waals surface area contributed by atoms with Gasteiger partial charge in [-0.05, 0) is 55.2 Å². The summed E-state index contributed by atoms with van der Waals surface area (Å²) in [6.07, 6.45) is 1.97. The topological polar surface area (TPSA) is 47.4 Å². The maximum Gasteiger partial charge on any atom is 0.254 e. The van der Waals surface area contributed by atoms with Crippen molar-refractivity contribution < 1.29 is 9.53 Å². The van der Waals surface area contributed by atoms with E-state index in [2.05, 4.69) is 31.4 Å². The monoisotopic (exact) mass is 393 g/mol. The Bertz CT molecular complexity index is 944. The number of para-hydroxylation sites is 2. The summed E-state index contributed by atoms with van der Waals surface area (Å²) in [7, 11) is 1.63. The third kappa shape index (κ3) is 4.97. The van der Waals surface area contributed by atoms with E-state index in [1.165, 1.54) is 0 Å². The minimum atomic E-state index is 0.0309. The molecule has 1 aromatic heterocycles. The van der Waals surface area contributed by atoms with Crippen molar-refractivity contribution in [2.75, 3.05) is 13.7 Å². The second kappa shape index (κ2) is 9.59. The van der Waals surface area contributed by atoms with E-state index < -0.39 is 0 Å². The number of nitrogens with zero attached hydrogens (tertiary/aromatic N) is 3. The molecule has 0 saturated carbocycles. The molecule has 0 aliphatic carbocycles. The number of methoxy groups -OCH3 is 1. The normalized spacial score (nSPS) is 11.2. The molecular weight excluding hydrogens is 362 g/mol. The average molecular weight is 394 g/mol. The van der Waals surface area contributed by atoms with Crippen LogP contribution in [0.3, 0.4) is 0 Å². The van der Waals surface area contributed by atoms with Gasteiger partial charge in [-0.3, -0.25) is 4.79 Å². The Hall–Kier alpha value is -2.82. The molecule has 0 radical (unpaired) electrons. The van der Waals surface area contributed by atoms with Crippen molar-refractivity contribution in [3.05, 3.63) is 59.9 Å². The lowest BCUT2D eigenvalue weighted by atomic mass is 10.1. The number of aromatic nitrogens is 2. The fourth-order valence-electron chi connectivity index (χ4n) is 3.47. The number of rotatable bonds is 9. The molecule has 0 spiro atoms. The van der Waals surface area contributed by atoms with E-state index in [0.717, 1.165) is 42.0 Å². The molecule has 0 unspecified atom stereocenters. The van der Waals surface area contributed by atoms with Crippen LogP contribution in [-0.4, -0.2) is 34.0 Å². The molecule has 1 heterocycles. The lowest BCUT2D eigenvalue weighted by Gasteiger charge is -2.24. The van der Waals surface area contributed by atoms with Crippen LogP contribution in [0.4, 0.5) is 0 Å². The molecule has 2 aromatic carbocycles. The molecule has 0 bridgehead atoms. The van der Waals surface area contributed by atoms with E-state index >= 15 is 0 Å². The molecular formula is C24H31N3O2. The van der Waals surface area contributed by atoms with Crippen LogP contribution in [0.15, 0.2) is 48.5 Å². The zero-order chi connectivity index (χ0) is 20.8. The fraction of sp³-hybridized carbons (Fsp3) is 0.417. The highest BCUT2D eigenvalue weighted by Crippen LogP contribution is 2.20. The Morgan fingerprint density at radius 2 is 1.86 bits per heavy atom. The van der Waals surface area contributed by atoms with Crippen LogP contribution < -0.4 is 4.74 Å². The second-order valence-electron chi connectivity index (χ2n) is 7.81. The molecule has 5 heteroatoms. The lowest BCUT2D eigenvalue weighted by molar-refractivity contribution is 0.0729. The molecule has 0 aliphatic heterocycles. The first-order valence-corrected chi connectivity index (χ1v) is 10.4. The van der Waals surface area contributed by atoms with Crippen LogP contribution in [0.25, 0.3) is 11.0 Å². The van der Waals surface area contributed by atoms with Gasteiger partial charge in [0.15, 0.2) is 0 Å². The van der Waals surface area contributed by atoms with Crippen molar-refractivity contribution in [3.63, 3.8) is 0 Å². The molecule has 0 N–H and O–H groups in total. The van der Waals surface area contributed by atoms with Crippen LogP contribution in [0.5, 0.6) is 5.75 Å². The van der Waals surface area contributed by atoms with Crippen molar-refractivity contribution in [2.45, 2.75) is 46.7 Å². The van der Waals surface area contributed by atoms with Crippen molar-refractivity contribution in [2.24, 2.45) is 5.92 Å². The lowest BCUT2D eigenvalue weighted by Crippen LogP contribution is -2.33. The number of imidazole rings is 1. The third-order valence-corrected chi connectivity index (χ3v) is 5.11. The summed E-state index contributed by atoms with van der Waals surface area (Å²) in [5.74, 6) is 2.25. The van der Waals surface area contributed by atoms with E-state index in [1.54, 1.807) is 7.11 Å². The number of carbonyl (C=O) groups is 1. The Morgan fingerprint density at radius 1 is 1.14 bits per heavy atom. The maximum absolute atomic E-state index is 13.3. The quantitative estimate of drug-likeness (QED) is 0.505. The standard InChI is InChI=1S/C24H31N3O2/c1-5-15-27-22-9-7-6-8-21(22)25-23(27)17-26(16-14-18(2)3)24(28)19-10-12-20(29-4)13-11-19/h6-13,18H,5,14-17H2,1-4H3. The highest BCUT2D eigenvalue weighted by molar-refractivity contribution is 5.94. The summed E-state index contributed by atoms with van der Waals surface area (Å²) in [5.41, 5.74) is 2.79. The van der Waals surface area contributed by atoms with Gasteiger partial charge in [0, 0.05) is 18.7 Å².